The Labute approximate surface area is 140 Å². The second kappa shape index (κ2) is 5.73. The topological polar surface area (TPSA) is 30.7 Å². The van der Waals surface area contributed by atoms with Gasteiger partial charge in [0.2, 0.25) is 0 Å². The third-order valence-electron chi connectivity index (χ3n) is 3.40. The lowest BCUT2D eigenvalue weighted by Gasteiger charge is -2.08. The Morgan fingerprint density at radius 1 is 0.905 bits per heavy atom. The molecular weight excluding hydrogens is 394 g/mol. The van der Waals surface area contributed by atoms with Crippen LogP contribution in [0.4, 0.5) is 0 Å². The molecule has 0 spiro atoms. The zero-order chi connectivity index (χ0) is 15.0. The number of aromatic nitrogens is 3. The first-order valence-corrected chi connectivity index (χ1v) is 8.09. The highest BCUT2D eigenvalue weighted by Gasteiger charge is 2.13. The van der Waals surface area contributed by atoms with Crippen molar-refractivity contribution >= 4 is 31.9 Å². The molecule has 0 aliphatic carbocycles. The molecule has 21 heavy (non-hydrogen) atoms. The normalized spacial score (nSPS) is 10.9. The Kier molecular flexibility index (Phi) is 3.95. The molecule has 3 rings (SSSR count). The van der Waals surface area contributed by atoms with Gasteiger partial charge in [-0.25, -0.2) is 4.68 Å². The first kappa shape index (κ1) is 14.5. The molecule has 1 aromatic heterocycles. The number of nitrogens with zero attached hydrogens (tertiary/aromatic N) is 3. The van der Waals surface area contributed by atoms with Gasteiger partial charge in [0.15, 0.2) is 0 Å². The SMILES string of the molecule is Cc1cc(Br)ccc1-n1nnc(-c2ccc(Br)cc2)c1C. The molecule has 0 aliphatic rings. The minimum absolute atomic E-state index is 0.907. The summed E-state index contributed by atoms with van der Waals surface area (Å²) in [4.78, 5) is 0. The van der Waals surface area contributed by atoms with E-state index < -0.39 is 0 Å². The van der Waals surface area contributed by atoms with Crippen LogP contribution in [0.15, 0.2) is 51.4 Å². The van der Waals surface area contributed by atoms with E-state index in [4.69, 9.17) is 0 Å². The number of halogens is 2. The van der Waals surface area contributed by atoms with Crippen LogP contribution >= 0.6 is 31.9 Å². The molecule has 3 nitrogen and oxygen atoms in total. The van der Waals surface area contributed by atoms with Crippen molar-refractivity contribution in [2.45, 2.75) is 13.8 Å². The van der Waals surface area contributed by atoms with E-state index in [1.807, 2.05) is 48.0 Å². The molecule has 5 heteroatoms. The molecule has 0 aliphatic heterocycles. The van der Waals surface area contributed by atoms with Crippen LogP contribution in [0.5, 0.6) is 0 Å². The van der Waals surface area contributed by atoms with E-state index in [9.17, 15) is 0 Å². The summed E-state index contributed by atoms with van der Waals surface area (Å²) in [5.41, 5.74) is 5.20. The van der Waals surface area contributed by atoms with Crippen molar-refractivity contribution < 1.29 is 0 Å². The smallest absolute Gasteiger partial charge is 0.116 e. The van der Waals surface area contributed by atoms with Crippen LogP contribution in [0.3, 0.4) is 0 Å². The monoisotopic (exact) mass is 405 g/mol. The highest BCUT2D eigenvalue weighted by molar-refractivity contribution is 9.10. The molecule has 0 atom stereocenters. The second-order valence-electron chi connectivity index (χ2n) is 4.87. The van der Waals surface area contributed by atoms with Crippen molar-refractivity contribution in [1.29, 1.82) is 0 Å². The van der Waals surface area contributed by atoms with E-state index in [-0.39, 0.29) is 0 Å². The zero-order valence-corrected chi connectivity index (χ0v) is 14.8. The van der Waals surface area contributed by atoms with Crippen LogP contribution in [-0.2, 0) is 0 Å². The van der Waals surface area contributed by atoms with Crippen LogP contribution in [0.25, 0.3) is 16.9 Å². The maximum Gasteiger partial charge on any atom is 0.116 e. The van der Waals surface area contributed by atoms with Gasteiger partial charge in [0.25, 0.3) is 0 Å². The Morgan fingerprint density at radius 3 is 2.24 bits per heavy atom. The lowest BCUT2D eigenvalue weighted by molar-refractivity contribution is 0.780. The van der Waals surface area contributed by atoms with Crippen LogP contribution in [-0.4, -0.2) is 15.0 Å². The molecule has 2 aromatic carbocycles. The number of rotatable bonds is 2. The van der Waals surface area contributed by atoms with Crippen molar-refractivity contribution in [3.8, 4) is 16.9 Å². The van der Waals surface area contributed by atoms with Gasteiger partial charge in [-0.15, -0.1) is 5.10 Å². The lowest BCUT2D eigenvalue weighted by atomic mass is 10.1. The lowest BCUT2D eigenvalue weighted by Crippen LogP contribution is -2.01. The van der Waals surface area contributed by atoms with Crippen molar-refractivity contribution in [2.24, 2.45) is 0 Å². The predicted molar refractivity (Wildman–Crippen MR) is 91.7 cm³/mol. The summed E-state index contributed by atoms with van der Waals surface area (Å²) < 4.78 is 4.01. The molecule has 0 radical (unpaired) electrons. The fraction of sp³-hybridized carbons (Fsp3) is 0.125. The molecule has 0 bridgehead atoms. The van der Waals surface area contributed by atoms with Gasteiger partial charge < -0.3 is 0 Å². The highest BCUT2D eigenvalue weighted by Crippen LogP contribution is 2.26. The molecule has 0 N–H and O–H groups in total. The third kappa shape index (κ3) is 2.80. The average Bonchev–Trinajstić information content (AvgIpc) is 2.82. The molecule has 0 saturated heterocycles. The van der Waals surface area contributed by atoms with Gasteiger partial charge in [-0.05, 0) is 49.7 Å². The number of aryl methyl sites for hydroxylation is 1. The van der Waals surface area contributed by atoms with Crippen LogP contribution in [0.2, 0.25) is 0 Å². The van der Waals surface area contributed by atoms with Crippen LogP contribution in [0, 0.1) is 13.8 Å². The first-order chi connectivity index (χ1) is 10.1. The Bertz CT molecular complexity index is 792. The van der Waals surface area contributed by atoms with Gasteiger partial charge in [-0.3, -0.25) is 0 Å². The van der Waals surface area contributed by atoms with E-state index in [0.29, 0.717) is 0 Å². The molecule has 3 aromatic rings. The summed E-state index contributed by atoms with van der Waals surface area (Å²) in [7, 11) is 0. The fourth-order valence-corrected chi connectivity index (χ4v) is 3.03. The quantitative estimate of drug-likeness (QED) is 0.594. The summed E-state index contributed by atoms with van der Waals surface area (Å²) in [5, 5.41) is 8.66. The Balaban J connectivity index is 2.09. The summed E-state index contributed by atoms with van der Waals surface area (Å²) in [6, 6.07) is 14.3. The standard InChI is InChI=1S/C16H13Br2N3/c1-10-9-14(18)7-8-15(10)21-11(2)16(19-20-21)12-3-5-13(17)6-4-12/h3-9H,1-2H3. The van der Waals surface area contributed by atoms with Crippen molar-refractivity contribution in [1.82, 2.24) is 15.0 Å². The van der Waals surface area contributed by atoms with E-state index in [2.05, 4.69) is 55.2 Å². The predicted octanol–water partition coefficient (Wildman–Crippen LogP) is 5.08. The van der Waals surface area contributed by atoms with E-state index in [0.717, 1.165) is 37.1 Å². The largest absolute Gasteiger partial charge is 0.217 e. The second-order valence-corrected chi connectivity index (χ2v) is 6.70. The first-order valence-electron chi connectivity index (χ1n) is 6.51. The van der Waals surface area contributed by atoms with Crippen molar-refractivity contribution in [2.75, 3.05) is 0 Å². The summed E-state index contributed by atoms with van der Waals surface area (Å²) in [6.07, 6.45) is 0. The van der Waals surface area contributed by atoms with Gasteiger partial charge in [-0.2, -0.15) is 0 Å². The summed E-state index contributed by atoms with van der Waals surface area (Å²) >= 11 is 6.94. The maximum absolute atomic E-state index is 4.34. The van der Waals surface area contributed by atoms with Gasteiger partial charge >= 0.3 is 0 Å². The van der Waals surface area contributed by atoms with Crippen LogP contribution in [0.1, 0.15) is 11.3 Å². The Hall–Kier alpha value is -1.46. The molecule has 106 valence electrons. The van der Waals surface area contributed by atoms with Crippen molar-refractivity contribution in [3.63, 3.8) is 0 Å². The molecule has 0 amide bonds. The molecule has 1 heterocycles. The number of hydrogen-bond acceptors (Lipinski definition) is 2. The van der Waals surface area contributed by atoms with Gasteiger partial charge in [-0.1, -0.05) is 49.2 Å². The molecular formula is C16H13Br2N3. The number of benzene rings is 2. The van der Waals surface area contributed by atoms with Gasteiger partial charge in [0, 0.05) is 14.5 Å². The van der Waals surface area contributed by atoms with E-state index >= 15 is 0 Å². The summed E-state index contributed by atoms with van der Waals surface area (Å²) in [6.45, 7) is 4.11. The summed E-state index contributed by atoms with van der Waals surface area (Å²) in [5.74, 6) is 0. The van der Waals surface area contributed by atoms with E-state index in [1.165, 1.54) is 0 Å². The van der Waals surface area contributed by atoms with Crippen molar-refractivity contribution in [3.05, 3.63) is 62.7 Å². The Morgan fingerprint density at radius 2 is 1.57 bits per heavy atom. The zero-order valence-electron chi connectivity index (χ0n) is 11.6. The fourth-order valence-electron chi connectivity index (χ4n) is 2.29. The average molecular weight is 407 g/mol. The molecule has 0 unspecified atom stereocenters. The molecule has 0 saturated carbocycles. The minimum atomic E-state index is 0.907. The number of hydrogen-bond donors (Lipinski definition) is 0. The van der Waals surface area contributed by atoms with Gasteiger partial charge in [0.05, 0.1) is 11.4 Å². The minimum Gasteiger partial charge on any atom is -0.217 e. The van der Waals surface area contributed by atoms with E-state index in [1.54, 1.807) is 0 Å². The van der Waals surface area contributed by atoms with Crippen LogP contribution < -0.4 is 0 Å². The van der Waals surface area contributed by atoms with Gasteiger partial charge in [0.1, 0.15) is 5.69 Å². The third-order valence-corrected chi connectivity index (χ3v) is 4.42. The molecule has 0 fully saturated rings. The highest BCUT2D eigenvalue weighted by atomic mass is 79.9. The maximum atomic E-state index is 4.34.